The zero-order valence-corrected chi connectivity index (χ0v) is 18.3. The molecule has 1 N–H and O–H groups in total. The van der Waals surface area contributed by atoms with E-state index in [0.717, 1.165) is 42.4 Å². The molecule has 8 heteroatoms. The molecule has 0 spiro atoms. The minimum Gasteiger partial charge on any atom is -0.497 e. The predicted molar refractivity (Wildman–Crippen MR) is 115 cm³/mol. The van der Waals surface area contributed by atoms with E-state index in [4.69, 9.17) is 13.8 Å². The molecule has 3 aliphatic heterocycles. The third kappa shape index (κ3) is 4.18. The Morgan fingerprint density at radius 2 is 2.27 bits per heavy atom. The summed E-state index contributed by atoms with van der Waals surface area (Å²) in [4.78, 5) is 17.2. The molecule has 0 amide bonds. The quantitative estimate of drug-likeness (QED) is 0.491. The highest BCUT2D eigenvalue weighted by molar-refractivity contribution is 7.47. The van der Waals surface area contributed by atoms with E-state index in [-0.39, 0.29) is 12.6 Å². The molecular weight excluding hydrogens is 403 g/mol. The van der Waals surface area contributed by atoms with Crippen molar-refractivity contribution in [1.29, 1.82) is 0 Å². The molecule has 1 aromatic carbocycles. The number of phosphoric ester groups is 1. The van der Waals surface area contributed by atoms with Gasteiger partial charge in [0.1, 0.15) is 11.9 Å². The van der Waals surface area contributed by atoms with Crippen LogP contribution >= 0.6 is 7.82 Å². The van der Waals surface area contributed by atoms with Gasteiger partial charge in [-0.1, -0.05) is 6.08 Å². The molecule has 4 heterocycles. The van der Waals surface area contributed by atoms with Gasteiger partial charge >= 0.3 is 7.82 Å². The lowest BCUT2D eigenvalue weighted by molar-refractivity contribution is -0.0452. The predicted octanol–water partition coefficient (Wildman–Crippen LogP) is 4.33. The Morgan fingerprint density at radius 3 is 2.93 bits per heavy atom. The van der Waals surface area contributed by atoms with E-state index in [2.05, 4.69) is 16.5 Å². The molecule has 1 aromatic heterocycles. The van der Waals surface area contributed by atoms with Gasteiger partial charge in [0.15, 0.2) is 0 Å². The van der Waals surface area contributed by atoms with Crippen molar-refractivity contribution in [3.63, 3.8) is 0 Å². The van der Waals surface area contributed by atoms with E-state index in [0.29, 0.717) is 17.6 Å². The summed E-state index contributed by atoms with van der Waals surface area (Å²) in [5, 5.41) is 0.848. The Hall–Kier alpha value is -1.76. The average Bonchev–Trinajstić information content (AvgIpc) is 2.77. The van der Waals surface area contributed by atoms with Crippen molar-refractivity contribution < 1.29 is 23.2 Å². The van der Waals surface area contributed by atoms with Crippen molar-refractivity contribution in [2.75, 3.05) is 26.8 Å². The van der Waals surface area contributed by atoms with Crippen molar-refractivity contribution >= 4 is 18.7 Å². The number of hydrogen-bond donors (Lipinski definition) is 1. The fourth-order valence-corrected chi connectivity index (χ4v) is 5.81. The standard InChI is InChI=1S/C22H29N2O5P/c1-4-15-14-24-11-9-16(15)12-21(24)22(29-30(25,26)28-5-2)18-8-10-23-20-7-6-17(27-3)13-19(18)20/h4,6-8,10,13,15-16,21-22H,1,5,9,11-12,14H2,2-3H3,(H,25,26)/t15?,16?,21?,22-/m1/s1. The number of hydrogen-bond acceptors (Lipinski definition) is 6. The molecule has 0 aliphatic carbocycles. The second-order valence-corrected chi connectivity index (χ2v) is 9.35. The number of nitrogens with zero attached hydrogens (tertiary/aromatic N) is 2. The average molecular weight is 432 g/mol. The molecule has 5 unspecified atom stereocenters. The van der Waals surface area contributed by atoms with Crippen LogP contribution in [0.2, 0.25) is 0 Å². The molecule has 0 saturated carbocycles. The number of phosphoric acid groups is 1. The Labute approximate surface area is 177 Å². The third-order valence-corrected chi connectivity index (χ3v) is 7.41. The van der Waals surface area contributed by atoms with Gasteiger partial charge < -0.3 is 9.63 Å². The molecule has 0 radical (unpaired) electrons. The highest BCUT2D eigenvalue weighted by atomic mass is 31.2. The fraction of sp³-hybridized carbons (Fsp3) is 0.500. The van der Waals surface area contributed by atoms with Crippen LogP contribution in [-0.4, -0.2) is 47.6 Å². The summed E-state index contributed by atoms with van der Waals surface area (Å²) in [6.45, 7) is 7.59. The topological polar surface area (TPSA) is 81.1 Å². The van der Waals surface area contributed by atoms with Crippen molar-refractivity contribution in [2.45, 2.75) is 31.9 Å². The van der Waals surface area contributed by atoms with Gasteiger partial charge in [0.05, 0.1) is 19.2 Å². The summed E-state index contributed by atoms with van der Waals surface area (Å²) in [7, 11) is -2.61. The van der Waals surface area contributed by atoms with Crippen LogP contribution in [-0.2, 0) is 13.6 Å². The first-order valence-electron chi connectivity index (χ1n) is 10.4. The van der Waals surface area contributed by atoms with Crippen molar-refractivity contribution in [2.24, 2.45) is 11.8 Å². The summed E-state index contributed by atoms with van der Waals surface area (Å²) in [5.41, 5.74) is 1.60. The molecule has 5 rings (SSSR count). The van der Waals surface area contributed by atoms with Crippen LogP contribution in [0.15, 0.2) is 43.1 Å². The van der Waals surface area contributed by atoms with Crippen LogP contribution in [0.5, 0.6) is 5.75 Å². The van der Waals surface area contributed by atoms with Gasteiger partial charge in [0.25, 0.3) is 0 Å². The van der Waals surface area contributed by atoms with E-state index in [1.807, 2.05) is 30.3 Å². The second-order valence-electron chi connectivity index (χ2n) is 7.94. The normalized spacial score (nSPS) is 28.8. The van der Waals surface area contributed by atoms with Crippen LogP contribution in [0.4, 0.5) is 0 Å². The molecule has 6 atom stereocenters. The Kier molecular flexibility index (Phi) is 6.28. The number of aromatic nitrogens is 1. The third-order valence-electron chi connectivity index (χ3n) is 6.33. The lowest BCUT2D eigenvalue weighted by atomic mass is 9.73. The van der Waals surface area contributed by atoms with Gasteiger partial charge in [0, 0.05) is 24.2 Å². The first-order chi connectivity index (χ1) is 14.5. The summed E-state index contributed by atoms with van der Waals surface area (Å²) in [6, 6.07) is 7.48. The molecule has 30 heavy (non-hydrogen) atoms. The van der Waals surface area contributed by atoms with Gasteiger partial charge in [0.2, 0.25) is 0 Å². The van der Waals surface area contributed by atoms with Crippen molar-refractivity contribution in [3.8, 4) is 5.75 Å². The summed E-state index contributed by atoms with van der Waals surface area (Å²) in [6.07, 6.45) is 5.10. The fourth-order valence-electron chi connectivity index (χ4n) is 4.89. The molecule has 3 aliphatic rings. The summed E-state index contributed by atoms with van der Waals surface area (Å²) >= 11 is 0. The van der Waals surface area contributed by atoms with E-state index < -0.39 is 13.9 Å². The number of rotatable bonds is 8. The Bertz CT molecular complexity index is 968. The first kappa shape index (κ1) is 21.5. The number of benzene rings is 1. The molecule has 162 valence electrons. The molecular formula is C22H29N2O5P. The van der Waals surface area contributed by atoms with E-state index >= 15 is 0 Å². The first-order valence-corrected chi connectivity index (χ1v) is 11.9. The van der Waals surface area contributed by atoms with E-state index in [1.54, 1.807) is 20.2 Å². The van der Waals surface area contributed by atoms with Gasteiger partial charge in [-0.05, 0) is 68.0 Å². The monoisotopic (exact) mass is 432 g/mol. The van der Waals surface area contributed by atoms with Gasteiger partial charge in [-0.2, -0.15) is 0 Å². The minimum absolute atomic E-state index is 0.0299. The van der Waals surface area contributed by atoms with Gasteiger partial charge in [-0.3, -0.25) is 18.9 Å². The molecule has 2 bridgehead atoms. The minimum atomic E-state index is -4.22. The number of pyridine rings is 1. The maximum atomic E-state index is 12.7. The second kappa shape index (κ2) is 8.77. The maximum Gasteiger partial charge on any atom is 0.472 e. The number of piperidine rings is 3. The molecule has 7 nitrogen and oxygen atoms in total. The number of fused-ring (bicyclic) bond motifs is 4. The zero-order valence-electron chi connectivity index (χ0n) is 17.4. The number of ether oxygens (including phenoxy) is 1. The largest absolute Gasteiger partial charge is 0.497 e. The van der Waals surface area contributed by atoms with Crippen molar-refractivity contribution in [3.05, 3.63) is 48.7 Å². The highest BCUT2D eigenvalue weighted by Crippen LogP contribution is 2.52. The Morgan fingerprint density at radius 1 is 1.43 bits per heavy atom. The van der Waals surface area contributed by atoms with Crippen LogP contribution in [0.25, 0.3) is 10.9 Å². The number of methoxy groups -OCH3 is 1. The zero-order chi connectivity index (χ0) is 21.3. The summed E-state index contributed by atoms with van der Waals surface area (Å²) in [5.74, 6) is 1.64. The maximum absolute atomic E-state index is 12.7. The van der Waals surface area contributed by atoms with E-state index in [1.165, 1.54) is 0 Å². The Balaban J connectivity index is 1.78. The lowest BCUT2D eigenvalue weighted by Gasteiger charge is -2.51. The van der Waals surface area contributed by atoms with Crippen LogP contribution < -0.4 is 4.74 Å². The SMILES string of the molecule is C=CC1CN2CCC1CC2[C@H](OP(=O)(O)OCC)c1ccnc2ccc(OC)cc12. The summed E-state index contributed by atoms with van der Waals surface area (Å²) < 4.78 is 29.0. The highest BCUT2D eigenvalue weighted by Gasteiger charge is 2.45. The van der Waals surface area contributed by atoms with Gasteiger partial charge in [-0.25, -0.2) is 4.57 Å². The smallest absolute Gasteiger partial charge is 0.472 e. The van der Waals surface area contributed by atoms with Crippen LogP contribution in [0, 0.1) is 11.8 Å². The van der Waals surface area contributed by atoms with Crippen LogP contribution in [0.1, 0.15) is 31.4 Å². The van der Waals surface area contributed by atoms with E-state index in [9.17, 15) is 9.46 Å². The van der Waals surface area contributed by atoms with Crippen LogP contribution in [0.3, 0.4) is 0 Å². The molecule has 3 saturated heterocycles. The lowest BCUT2D eigenvalue weighted by Crippen LogP contribution is -2.55. The van der Waals surface area contributed by atoms with Crippen molar-refractivity contribution in [1.82, 2.24) is 9.88 Å². The molecule has 3 fully saturated rings. The molecule has 2 aromatic rings. The van der Waals surface area contributed by atoms with Gasteiger partial charge in [-0.15, -0.1) is 6.58 Å².